The molecule has 0 heterocycles. The summed E-state index contributed by atoms with van der Waals surface area (Å²) in [6, 6.07) is 2.25. The van der Waals surface area contributed by atoms with E-state index in [0.29, 0.717) is 5.75 Å². The largest absolute Gasteiger partial charge is 0.316 e. The summed E-state index contributed by atoms with van der Waals surface area (Å²) in [6.07, 6.45) is 0.836. The number of nitriles is 1. The van der Waals surface area contributed by atoms with Crippen LogP contribution in [0.3, 0.4) is 0 Å². The molecule has 3 nitrogen and oxygen atoms in total. The first-order valence-electron chi connectivity index (χ1n) is 4.99. The van der Waals surface area contributed by atoms with Crippen LogP contribution in [0, 0.1) is 16.7 Å². The fraction of sp³-hybridized carbons (Fsp3) is 0.900. The van der Waals surface area contributed by atoms with Crippen molar-refractivity contribution in [1.29, 1.82) is 5.26 Å². The van der Waals surface area contributed by atoms with Gasteiger partial charge in [-0.1, -0.05) is 6.92 Å². The first-order valence-corrected chi connectivity index (χ1v) is 6.47. The van der Waals surface area contributed by atoms with E-state index >= 15 is 0 Å². The van der Waals surface area contributed by atoms with Gasteiger partial charge >= 0.3 is 0 Å². The van der Waals surface area contributed by atoms with Crippen LogP contribution in [0.5, 0.6) is 0 Å². The van der Waals surface area contributed by atoms with Gasteiger partial charge in [0, 0.05) is 28.9 Å². The molecule has 14 heavy (non-hydrogen) atoms. The molecule has 0 aliphatic heterocycles. The highest BCUT2D eigenvalue weighted by Crippen LogP contribution is 2.16. The fourth-order valence-corrected chi connectivity index (χ4v) is 1.57. The van der Waals surface area contributed by atoms with Crippen LogP contribution in [0.2, 0.25) is 0 Å². The minimum absolute atomic E-state index is 0.253. The van der Waals surface area contributed by atoms with Crippen LogP contribution in [0.4, 0.5) is 0 Å². The van der Waals surface area contributed by atoms with Crippen LogP contribution in [-0.2, 0) is 10.8 Å². The first-order chi connectivity index (χ1) is 6.52. The van der Waals surface area contributed by atoms with E-state index < -0.39 is 10.8 Å². The zero-order valence-electron chi connectivity index (χ0n) is 9.30. The Balaban J connectivity index is 3.40. The van der Waals surface area contributed by atoms with Gasteiger partial charge in [-0.2, -0.15) is 5.26 Å². The molecule has 1 atom stereocenters. The Morgan fingerprint density at radius 2 is 2.07 bits per heavy atom. The average molecular weight is 216 g/mol. The van der Waals surface area contributed by atoms with E-state index in [1.165, 1.54) is 0 Å². The molecule has 0 saturated heterocycles. The Kier molecular flexibility index (Phi) is 6.77. The van der Waals surface area contributed by atoms with E-state index in [4.69, 9.17) is 5.26 Å². The molecule has 82 valence electrons. The molecule has 0 rings (SSSR count). The van der Waals surface area contributed by atoms with Crippen LogP contribution in [0.15, 0.2) is 0 Å². The number of nitrogens with one attached hydrogen (secondary N) is 1. The summed E-state index contributed by atoms with van der Waals surface area (Å²) in [4.78, 5) is 0. The van der Waals surface area contributed by atoms with Crippen LogP contribution in [0.1, 0.15) is 27.2 Å². The van der Waals surface area contributed by atoms with E-state index in [-0.39, 0.29) is 5.41 Å². The molecule has 0 radical (unpaired) electrons. The van der Waals surface area contributed by atoms with E-state index in [2.05, 4.69) is 11.4 Å². The smallest absolute Gasteiger partial charge is 0.0684 e. The zero-order valence-corrected chi connectivity index (χ0v) is 10.1. The maximum atomic E-state index is 11.0. The van der Waals surface area contributed by atoms with Crippen molar-refractivity contribution in [3.05, 3.63) is 0 Å². The fourth-order valence-electron chi connectivity index (χ4n) is 0.912. The molecule has 0 spiro atoms. The SMILES string of the molecule is CCS(=O)CCNCCC(C)(C)C#N. The highest BCUT2D eigenvalue weighted by Gasteiger charge is 2.15. The summed E-state index contributed by atoms with van der Waals surface area (Å²) in [5.41, 5.74) is -0.253. The topological polar surface area (TPSA) is 52.9 Å². The Morgan fingerprint density at radius 1 is 1.43 bits per heavy atom. The Bertz CT molecular complexity index is 221. The summed E-state index contributed by atoms with van der Waals surface area (Å²) in [7, 11) is -0.681. The van der Waals surface area contributed by atoms with Crippen molar-refractivity contribution < 1.29 is 4.21 Å². The second-order valence-electron chi connectivity index (χ2n) is 3.93. The monoisotopic (exact) mass is 216 g/mol. The van der Waals surface area contributed by atoms with Gasteiger partial charge in [0.15, 0.2) is 0 Å². The minimum atomic E-state index is -0.681. The van der Waals surface area contributed by atoms with Crippen molar-refractivity contribution in [2.45, 2.75) is 27.2 Å². The second kappa shape index (κ2) is 6.97. The molecule has 0 amide bonds. The van der Waals surface area contributed by atoms with Crippen molar-refractivity contribution in [1.82, 2.24) is 5.32 Å². The zero-order chi connectivity index (χ0) is 11.0. The van der Waals surface area contributed by atoms with Gasteiger partial charge < -0.3 is 5.32 Å². The van der Waals surface area contributed by atoms with Crippen LogP contribution in [-0.4, -0.2) is 28.8 Å². The van der Waals surface area contributed by atoms with Crippen molar-refractivity contribution in [3.63, 3.8) is 0 Å². The quantitative estimate of drug-likeness (QED) is 0.652. The lowest BCUT2D eigenvalue weighted by molar-refractivity contribution is 0.436. The van der Waals surface area contributed by atoms with Crippen LogP contribution >= 0.6 is 0 Å². The third kappa shape index (κ3) is 7.05. The number of rotatable bonds is 7. The minimum Gasteiger partial charge on any atom is -0.316 e. The molecule has 0 fully saturated rings. The maximum Gasteiger partial charge on any atom is 0.0684 e. The van der Waals surface area contributed by atoms with Crippen LogP contribution in [0.25, 0.3) is 0 Å². The van der Waals surface area contributed by atoms with Crippen LogP contribution < -0.4 is 5.32 Å². The lowest BCUT2D eigenvalue weighted by Crippen LogP contribution is -2.25. The Hall–Kier alpha value is -0.400. The number of hydrogen-bond acceptors (Lipinski definition) is 3. The van der Waals surface area contributed by atoms with Gasteiger partial charge in [0.25, 0.3) is 0 Å². The van der Waals surface area contributed by atoms with E-state index in [9.17, 15) is 4.21 Å². The second-order valence-corrected chi connectivity index (χ2v) is 5.79. The van der Waals surface area contributed by atoms with E-state index in [1.807, 2.05) is 20.8 Å². The predicted octanol–water partition coefficient (Wildman–Crippen LogP) is 1.28. The Labute approximate surface area is 89.3 Å². The standard InChI is InChI=1S/C10H20N2OS/c1-4-14(13)8-7-12-6-5-10(2,3)9-11/h12H,4-8H2,1-3H3. The van der Waals surface area contributed by atoms with Gasteiger partial charge in [0.05, 0.1) is 11.5 Å². The maximum absolute atomic E-state index is 11.0. The molecule has 1 unspecified atom stereocenters. The summed E-state index contributed by atoms with van der Waals surface area (Å²) < 4.78 is 11.0. The highest BCUT2D eigenvalue weighted by molar-refractivity contribution is 7.84. The molecule has 0 bridgehead atoms. The molecular weight excluding hydrogens is 196 g/mol. The van der Waals surface area contributed by atoms with Gasteiger partial charge in [-0.25, -0.2) is 0 Å². The molecule has 4 heteroatoms. The Morgan fingerprint density at radius 3 is 2.57 bits per heavy atom. The summed E-state index contributed by atoms with van der Waals surface area (Å²) in [6.45, 7) is 7.39. The van der Waals surface area contributed by atoms with Crippen molar-refractivity contribution >= 4 is 10.8 Å². The van der Waals surface area contributed by atoms with Gasteiger partial charge in [0.1, 0.15) is 0 Å². The summed E-state index contributed by atoms with van der Waals surface area (Å²) in [5, 5.41) is 11.9. The molecule has 0 aromatic carbocycles. The summed E-state index contributed by atoms with van der Waals surface area (Å²) >= 11 is 0. The van der Waals surface area contributed by atoms with Gasteiger partial charge in [-0.3, -0.25) is 4.21 Å². The average Bonchev–Trinajstić information content (AvgIpc) is 2.17. The van der Waals surface area contributed by atoms with Crippen molar-refractivity contribution in [2.75, 3.05) is 24.6 Å². The first kappa shape index (κ1) is 13.6. The molecule has 0 aliphatic rings. The molecule has 0 aliphatic carbocycles. The van der Waals surface area contributed by atoms with E-state index in [1.54, 1.807) is 0 Å². The lowest BCUT2D eigenvalue weighted by Gasteiger charge is -2.14. The highest BCUT2D eigenvalue weighted by atomic mass is 32.2. The van der Waals surface area contributed by atoms with Crippen molar-refractivity contribution in [3.8, 4) is 6.07 Å². The lowest BCUT2D eigenvalue weighted by atomic mass is 9.92. The van der Waals surface area contributed by atoms with E-state index in [0.717, 1.165) is 25.3 Å². The molecule has 0 aromatic heterocycles. The van der Waals surface area contributed by atoms with Gasteiger partial charge in [0.2, 0.25) is 0 Å². The van der Waals surface area contributed by atoms with Gasteiger partial charge in [-0.05, 0) is 26.8 Å². The number of nitrogens with zero attached hydrogens (tertiary/aromatic N) is 1. The molecular formula is C10H20N2OS. The predicted molar refractivity (Wildman–Crippen MR) is 60.4 cm³/mol. The third-order valence-corrected chi connectivity index (χ3v) is 3.36. The van der Waals surface area contributed by atoms with Gasteiger partial charge in [-0.15, -0.1) is 0 Å². The number of hydrogen-bond donors (Lipinski definition) is 1. The molecule has 0 aromatic rings. The third-order valence-electron chi connectivity index (χ3n) is 2.06. The summed E-state index contributed by atoms with van der Waals surface area (Å²) in [5.74, 6) is 1.44. The molecule has 0 saturated carbocycles. The van der Waals surface area contributed by atoms with Crippen molar-refractivity contribution in [2.24, 2.45) is 5.41 Å². The molecule has 1 N–H and O–H groups in total. The normalized spacial score (nSPS) is 13.6.